The van der Waals surface area contributed by atoms with Gasteiger partial charge in [0.15, 0.2) is 5.65 Å². The Bertz CT molecular complexity index is 1350. The Morgan fingerprint density at radius 3 is 2.71 bits per heavy atom. The molecule has 3 aromatic heterocycles. The number of carbonyl (C=O) groups is 1. The number of rotatable bonds is 4. The molecule has 160 valence electrons. The van der Waals surface area contributed by atoms with E-state index in [4.69, 9.17) is 4.98 Å². The van der Waals surface area contributed by atoms with Gasteiger partial charge >= 0.3 is 5.97 Å². The van der Waals surface area contributed by atoms with Crippen LogP contribution in [0.2, 0.25) is 0 Å². The van der Waals surface area contributed by atoms with Gasteiger partial charge in [-0.1, -0.05) is 13.8 Å². The number of nitrogens with zero attached hydrogens (tertiary/aromatic N) is 3. The smallest absolute Gasteiger partial charge is 0.341 e. The number of benzene rings is 1. The Kier molecular flexibility index (Phi) is 4.19. The number of carboxylic acid groups (broad SMARTS) is 1. The van der Waals surface area contributed by atoms with Crippen LogP contribution in [0.4, 0.5) is 8.78 Å². The summed E-state index contributed by atoms with van der Waals surface area (Å²) in [6, 6.07) is 6.90. The van der Waals surface area contributed by atoms with Crippen LogP contribution >= 0.6 is 0 Å². The van der Waals surface area contributed by atoms with Gasteiger partial charge in [0.25, 0.3) is 0 Å². The molecule has 0 saturated heterocycles. The molecule has 8 heteroatoms. The van der Waals surface area contributed by atoms with Gasteiger partial charge in [0.1, 0.15) is 5.82 Å². The number of alkyl halides is 1. The summed E-state index contributed by atoms with van der Waals surface area (Å²) in [5, 5.41) is 17.0. The Balaban J connectivity index is 1.82. The number of nitrogens with one attached hydrogen (secondary N) is 1. The topological polar surface area (TPSA) is 83.8 Å². The molecule has 1 aliphatic carbocycles. The van der Waals surface area contributed by atoms with Crippen molar-refractivity contribution >= 4 is 28.0 Å². The van der Waals surface area contributed by atoms with Crippen molar-refractivity contribution < 1.29 is 18.7 Å². The molecule has 1 saturated carbocycles. The molecular weight excluding hydrogens is 402 g/mol. The third-order valence-corrected chi connectivity index (χ3v) is 6.30. The van der Waals surface area contributed by atoms with Crippen molar-refractivity contribution in [3.05, 3.63) is 53.1 Å². The van der Waals surface area contributed by atoms with E-state index in [0.29, 0.717) is 16.7 Å². The molecule has 1 fully saturated rings. The number of pyridine rings is 1. The third-order valence-electron chi connectivity index (χ3n) is 6.30. The lowest BCUT2D eigenvalue weighted by Crippen LogP contribution is -2.45. The molecule has 5 rings (SSSR count). The maximum Gasteiger partial charge on any atom is 0.341 e. The van der Waals surface area contributed by atoms with Crippen LogP contribution in [0.5, 0.6) is 0 Å². The average molecular weight is 424 g/mol. The summed E-state index contributed by atoms with van der Waals surface area (Å²) >= 11 is 0. The highest BCUT2D eigenvalue weighted by Crippen LogP contribution is 2.52. The number of aryl methyl sites for hydroxylation is 1. The van der Waals surface area contributed by atoms with Gasteiger partial charge in [0.05, 0.1) is 17.2 Å². The van der Waals surface area contributed by atoms with Gasteiger partial charge < -0.3 is 9.67 Å². The van der Waals surface area contributed by atoms with Crippen LogP contribution in [-0.4, -0.2) is 36.5 Å². The highest BCUT2D eigenvalue weighted by molar-refractivity contribution is 5.94. The highest BCUT2D eigenvalue weighted by atomic mass is 19.1. The summed E-state index contributed by atoms with van der Waals surface area (Å²) in [6.45, 7) is 5.79. The Labute approximate surface area is 176 Å². The fourth-order valence-corrected chi connectivity index (χ4v) is 4.73. The monoisotopic (exact) mass is 424 g/mol. The van der Waals surface area contributed by atoms with Gasteiger partial charge in [-0.05, 0) is 61.4 Å². The van der Waals surface area contributed by atoms with E-state index >= 15 is 0 Å². The SMILES string of the molecule is Cc1cc(-n2c(C(C)C)c([C@H]3C[C@](F)(C(=O)O)C3)c3nc4[nH]ncc4cc32)ccc1F. The van der Waals surface area contributed by atoms with E-state index in [1.165, 1.54) is 6.07 Å². The van der Waals surface area contributed by atoms with Crippen LogP contribution in [0.15, 0.2) is 30.5 Å². The summed E-state index contributed by atoms with van der Waals surface area (Å²) in [4.78, 5) is 16.1. The van der Waals surface area contributed by atoms with Gasteiger partial charge in [-0.2, -0.15) is 5.10 Å². The number of hydrogen-bond donors (Lipinski definition) is 2. The zero-order valence-corrected chi connectivity index (χ0v) is 17.4. The molecule has 3 heterocycles. The zero-order valence-electron chi connectivity index (χ0n) is 17.4. The number of carboxylic acids is 1. The minimum absolute atomic E-state index is 0.0467. The quantitative estimate of drug-likeness (QED) is 0.475. The van der Waals surface area contributed by atoms with Crippen molar-refractivity contribution in [1.82, 2.24) is 19.7 Å². The summed E-state index contributed by atoms with van der Waals surface area (Å²) in [5.41, 5.74) is 3.01. The fraction of sp³-hybridized carbons (Fsp3) is 0.348. The first-order valence-electron chi connectivity index (χ1n) is 10.3. The van der Waals surface area contributed by atoms with Crippen molar-refractivity contribution in [1.29, 1.82) is 0 Å². The lowest BCUT2D eigenvalue weighted by Gasteiger charge is -2.38. The molecule has 1 aliphatic rings. The van der Waals surface area contributed by atoms with E-state index in [0.717, 1.165) is 27.8 Å². The van der Waals surface area contributed by atoms with E-state index in [1.807, 2.05) is 24.5 Å². The zero-order chi connectivity index (χ0) is 22.1. The summed E-state index contributed by atoms with van der Waals surface area (Å²) in [5.74, 6) is -1.93. The number of aromatic amines is 1. The van der Waals surface area contributed by atoms with Crippen LogP contribution in [0, 0.1) is 12.7 Å². The molecule has 0 aliphatic heterocycles. The average Bonchev–Trinajstić information content (AvgIpc) is 3.27. The Hall–Kier alpha value is -3.29. The molecule has 0 radical (unpaired) electrons. The van der Waals surface area contributed by atoms with Crippen molar-refractivity contribution in [2.75, 3.05) is 0 Å². The standard InChI is InChI=1S/C23H22F2N4O2/c1-11(2)20-18(14-8-23(25,9-14)22(30)31)19-17(7-13-10-26-28-21(13)27-19)29(20)15-4-5-16(24)12(3)6-15/h4-7,10-11,14H,8-9H2,1-3H3,(H,30,31)(H,26,27,28)/t14-,23+. The maximum absolute atomic E-state index is 14.6. The Morgan fingerprint density at radius 1 is 1.32 bits per heavy atom. The van der Waals surface area contributed by atoms with Gasteiger partial charge in [0.2, 0.25) is 5.67 Å². The third kappa shape index (κ3) is 2.85. The van der Waals surface area contributed by atoms with E-state index in [-0.39, 0.29) is 30.5 Å². The molecule has 0 spiro atoms. The first kappa shape index (κ1) is 19.7. The highest BCUT2D eigenvalue weighted by Gasteiger charge is 2.53. The predicted molar refractivity (Wildman–Crippen MR) is 113 cm³/mol. The van der Waals surface area contributed by atoms with Crippen LogP contribution < -0.4 is 0 Å². The fourth-order valence-electron chi connectivity index (χ4n) is 4.73. The molecule has 1 aromatic carbocycles. The predicted octanol–water partition coefficient (Wildman–Crippen LogP) is 5.14. The minimum Gasteiger partial charge on any atom is -0.479 e. The second-order valence-corrected chi connectivity index (χ2v) is 8.76. The van der Waals surface area contributed by atoms with Gasteiger partial charge in [-0.3, -0.25) is 5.10 Å². The number of halogens is 2. The minimum atomic E-state index is -2.21. The number of H-pyrrole nitrogens is 1. The van der Waals surface area contributed by atoms with Crippen molar-refractivity contribution in [3.63, 3.8) is 0 Å². The first-order valence-corrected chi connectivity index (χ1v) is 10.3. The van der Waals surface area contributed by atoms with E-state index < -0.39 is 11.6 Å². The van der Waals surface area contributed by atoms with Crippen LogP contribution in [0.1, 0.15) is 55.3 Å². The summed E-state index contributed by atoms with van der Waals surface area (Å²) in [7, 11) is 0. The number of aliphatic carboxylic acids is 1. The van der Waals surface area contributed by atoms with Gasteiger partial charge in [0, 0.05) is 22.3 Å². The van der Waals surface area contributed by atoms with Crippen molar-refractivity contribution in [2.45, 2.75) is 51.1 Å². The number of fused-ring (bicyclic) bond motifs is 2. The molecule has 2 N–H and O–H groups in total. The van der Waals surface area contributed by atoms with Crippen molar-refractivity contribution in [3.8, 4) is 5.69 Å². The number of aromatic nitrogens is 4. The van der Waals surface area contributed by atoms with E-state index in [1.54, 1.807) is 25.3 Å². The molecule has 4 aromatic rings. The molecule has 31 heavy (non-hydrogen) atoms. The van der Waals surface area contributed by atoms with Crippen LogP contribution in [0.3, 0.4) is 0 Å². The molecule has 0 amide bonds. The van der Waals surface area contributed by atoms with Gasteiger partial charge in [-0.15, -0.1) is 0 Å². The summed E-state index contributed by atoms with van der Waals surface area (Å²) in [6.07, 6.45) is 1.50. The number of hydrogen-bond acceptors (Lipinski definition) is 3. The normalized spacial score (nSPS) is 21.2. The van der Waals surface area contributed by atoms with Crippen molar-refractivity contribution in [2.24, 2.45) is 0 Å². The molecular formula is C23H22F2N4O2. The Morgan fingerprint density at radius 2 is 2.06 bits per heavy atom. The lowest BCUT2D eigenvalue weighted by molar-refractivity contribution is -0.158. The molecule has 0 atom stereocenters. The second kappa shape index (κ2) is 6.60. The molecule has 0 unspecified atom stereocenters. The summed E-state index contributed by atoms with van der Waals surface area (Å²) < 4.78 is 30.7. The lowest BCUT2D eigenvalue weighted by atomic mass is 9.68. The van der Waals surface area contributed by atoms with Crippen LogP contribution in [0.25, 0.3) is 27.8 Å². The maximum atomic E-state index is 14.6. The van der Waals surface area contributed by atoms with Crippen LogP contribution in [-0.2, 0) is 4.79 Å². The molecule has 6 nitrogen and oxygen atoms in total. The van der Waals surface area contributed by atoms with E-state index in [9.17, 15) is 18.7 Å². The first-order chi connectivity index (χ1) is 14.7. The second-order valence-electron chi connectivity index (χ2n) is 8.76. The van der Waals surface area contributed by atoms with E-state index in [2.05, 4.69) is 10.2 Å². The van der Waals surface area contributed by atoms with Gasteiger partial charge in [-0.25, -0.2) is 18.6 Å². The molecule has 0 bridgehead atoms. The largest absolute Gasteiger partial charge is 0.479 e.